The lowest BCUT2D eigenvalue weighted by Gasteiger charge is -2.29. The third kappa shape index (κ3) is 6.56. The highest BCUT2D eigenvalue weighted by Gasteiger charge is 2.20. The summed E-state index contributed by atoms with van der Waals surface area (Å²) in [6.45, 7) is 6.58. The maximum absolute atomic E-state index is 13.0. The van der Waals surface area contributed by atoms with Crippen LogP contribution >= 0.6 is 0 Å². The molecule has 29 heavy (non-hydrogen) atoms. The van der Waals surface area contributed by atoms with Crippen molar-refractivity contribution in [2.75, 3.05) is 0 Å². The molecule has 0 aliphatic rings. The van der Waals surface area contributed by atoms with Crippen molar-refractivity contribution in [1.82, 2.24) is 4.90 Å². The Balaban J connectivity index is 2.10. The van der Waals surface area contributed by atoms with Gasteiger partial charge in [-0.15, -0.1) is 0 Å². The van der Waals surface area contributed by atoms with Crippen LogP contribution in [-0.4, -0.2) is 25.3 Å². The minimum Gasteiger partial charge on any atom is -0.379 e. The fraction of sp³-hybridized carbons (Fsp3) is 0.409. The van der Waals surface area contributed by atoms with Gasteiger partial charge in [0, 0.05) is 19.0 Å². The van der Waals surface area contributed by atoms with Crippen molar-refractivity contribution in [1.29, 1.82) is 0 Å². The summed E-state index contributed by atoms with van der Waals surface area (Å²) in [6, 6.07) is 11.2. The summed E-state index contributed by atoms with van der Waals surface area (Å²) >= 11 is 0. The number of carbonyl (C=O) groups is 1. The SMILES string of the molecule is CCCCC(=O)N(Cc1ccc(OS(=O)(=O)c2ccc(F)cc2)cc1)C(C)CC. The van der Waals surface area contributed by atoms with Gasteiger partial charge in [0.25, 0.3) is 0 Å². The standard InChI is InChI=1S/C22H28FNO4S/c1-4-6-7-22(25)24(17(3)5-2)16-18-8-12-20(13-9-18)28-29(26,27)21-14-10-19(23)11-15-21/h8-15,17H,4-7,16H2,1-3H3. The van der Waals surface area contributed by atoms with Crippen LogP contribution in [0.2, 0.25) is 0 Å². The van der Waals surface area contributed by atoms with Crippen LogP contribution in [0, 0.1) is 5.82 Å². The van der Waals surface area contributed by atoms with E-state index in [0.29, 0.717) is 13.0 Å². The number of unbranched alkanes of at least 4 members (excludes halogenated alkanes) is 1. The van der Waals surface area contributed by atoms with E-state index >= 15 is 0 Å². The van der Waals surface area contributed by atoms with Gasteiger partial charge < -0.3 is 9.08 Å². The normalized spacial score (nSPS) is 12.4. The van der Waals surface area contributed by atoms with E-state index in [4.69, 9.17) is 4.18 Å². The fourth-order valence-electron chi connectivity index (χ4n) is 2.80. The van der Waals surface area contributed by atoms with Gasteiger partial charge in [-0.3, -0.25) is 4.79 Å². The van der Waals surface area contributed by atoms with Crippen molar-refractivity contribution in [2.24, 2.45) is 0 Å². The number of hydrogen-bond acceptors (Lipinski definition) is 4. The molecule has 0 N–H and O–H groups in total. The van der Waals surface area contributed by atoms with Crippen LogP contribution in [0.25, 0.3) is 0 Å². The molecule has 1 atom stereocenters. The lowest BCUT2D eigenvalue weighted by molar-refractivity contribution is -0.134. The Kier molecular flexibility index (Phi) is 8.20. The average molecular weight is 422 g/mol. The highest BCUT2D eigenvalue weighted by molar-refractivity contribution is 7.87. The summed E-state index contributed by atoms with van der Waals surface area (Å²) in [6.07, 6.45) is 3.21. The van der Waals surface area contributed by atoms with Crippen molar-refractivity contribution < 1.29 is 21.8 Å². The topological polar surface area (TPSA) is 63.7 Å². The molecule has 0 heterocycles. The molecule has 0 aliphatic carbocycles. The second kappa shape index (κ2) is 10.4. The van der Waals surface area contributed by atoms with Crippen molar-refractivity contribution >= 4 is 16.0 Å². The molecule has 1 unspecified atom stereocenters. The van der Waals surface area contributed by atoms with Gasteiger partial charge in [-0.1, -0.05) is 32.4 Å². The lowest BCUT2D eigenvalue weighted by Crippen LogP contribution is -2.37. The Bertz CT molecular complexity index is 895. The van der Waals surface area contributed by atoms with Gasteiger partial charge >= 0.3 is 10.1 Å². The van der Waals surface area contributed by atoms with Crippen molar-refractivity contribution in [3.63, 3.8) is 0 Å². The molecular formula is C22H28FNO4S. The number of rotatable bonds is 10. The van der Waals surface area contributed by atoms with Crippen molar-refractivity contribution in [3.8, 4) is 5.75 Å². The first-order valence-corrected chi connectivity index (χ1v) is 11.3. The first kappa shape index (κ1) is 22.9. The molecule has 0 fully saturated rings. The van der Waals surface area contributed by atoms with Crippen molar-refractivity contribution in [2.45, 2.75) is 63.9 Å². The van der Waals surface area contributed by atoms with Crippen LogP contribution in [0.1, 0.15) is 52.0 Å². The van der Waals surface area contributed by atoms with Gasteiger partial charge in [-0.2, -0.15) is 8.42 Å². The van der Waals surface area contributed by atoms with Crippen LogP contribution in [0.15, 0.2) is 53.4 Å². The number of hydrogen-bond donors (Lipinski definition) is 0. The highest BCUT2D eigenvalue weighted by atomic mass is 32.2. The molecule has 7 heteroatoms. The Labute approximate surface area is 172 Å². The molecule has 0 aliphatic heterocycles. The smallest absolute Gasteiger partial charge is 0.339 e. The molecule has 0 aromatic heterocycles. The molecule has 1 amide bonds. The van der Waals surface area contributed by atoms with Gasteiger partial charge in [0.2, 0.25) is 5.91 Å². The summed E-state index contributed by atoms with van der Waals surface area (Å²) in [4.78, 5) is 14.3. The van der Waals surface area contributed by atoms with E-state index in [-0.39, 0.29) is 22.6 Å². The third-order valence-electron chi connectivity index (χ3n) is 4.77. The van der Waals surface area contributed by atoms with Gasteiger partial charge in [0.15, 0.2) is 0 Å². The van der Waals surface area contributed by atoms with Crippen molar-refractivity contribution in [3.05, 3.63) is 59.9 Å². The van der Waals surface area contributed by atoms with E-state index < -0.39 is 15.9 Å². The summed E-state index contributed by atoms with van der Waals surface area (Å²) in [5.41, 5.74) is 0.890. The quantitative estimate of drug-likeness (QED) is 0.511. The zero-order valence-electron chi connectivity index (χ0n) is 17.1. The Morgan fingerprint density at radius 2 is 1.69 bits per heavy atom. The van der Waals surface area contributed by atoms with E-state index in [1.165, 1.54) is 0 Å². The van der Waals surface area contributed by atoms with Crippen LogP contribution in [0.4, 0.5) is 4.39 Å². The second-order valence-electron chi connectivity index (χ2n) is 7.02. The Morgan fingerprint density at radius 1 is 1.07 bits per heavy atom. The molecular weight excluding hydrogens is 393 g/mol. The molecule has 2 rings (SSSR count). The maximum atomic E-state index is 13.0. The Morgan fingerprint density at radius 3 is 2.24 bits per heavy atom. The Hall–Kier alpha value is -2.41. The molecule has 2 aromatic carbocycles. The zero-order chi connectivity index (χ0) is 21.4. The maximum Gasteiger partial charge on any atom is 0.339 e. The number of halogens is 1. The van der Waals surface area contributed by atoms with Gasteiger partial charge in [-0.05, 0) is 61.7 Å². The number of carbonyl (C=O) groups excluding carboxylic acids is 1. The van der Waals surface area contributed by atoms with Gasteiger partial charge in [0.1, 0.15) is 16.5 Å². The minimum atomic E-state index is -4.04. The monoisotopic (exact) mass is 421 g/mol. The fourth-order valence-corrected chi connectivity index (χ4v) is 3.74. The largest absolute Gasteiger partial charge is 0.379 e. The third-order valence-corrected chi connectivity index (χ3v) is 6.03. The molecule has 0 bridgehead atoms. The molecule has 158 valence electrons. The summed E-state index contributed by atoms with van der Waals surface area (Å²) < 4.78 is 42.7. The molecule has 0 spiro atoms. The molecule has 0 saturated heterocycles. The summed E-state index contributed by atoms with van der Waals surface area (Å²) in [7, 11) is -4.04. The average Bonchev–Trinajstić information content (AvgIpc) is 2.71. The number of nitrogens with zero attached hydrogens (tertiary/aromatic N) is 1. The predicted molar refractivity (Wildman–Crippen MR) is 110 cm³/mol. The first-order valence-electron chi connectivity index (χ1n) is 9.85. The molecule has 5 nitrogen and oxygen atoms in total. The molecule has 2 aromatic rings. The lowest BCUT2D eigenvalue weighted by atomic mass is 10.1. The van der Waals surface area contributed by atoms with E-state index in [1.807, 2.05) is 18.7 Å². The minimum absolute atomic E-state index is 0.118. The predicted octanol–water partition coefficient (Wildman–Crippen LogP) is 4.91. The zero-order valence-corrected chi connectivity index (χ0v) is 17.9. The van der Waals surface area contributed by atoms with E-state index in [0.717, 1.165) is 49.1 Å². The van der Waals surface area contributed by atoms with E-state index in [2.05, 4.69) is 6.92 Å². The first-order chi connectivity index (χ1) is 13.8. The highest BCUT2D eigenvalue weighted by Crippen LogP contribution is 2.21. The second-order valence-corrected chi connectivity index (χ2v) is 8.56. The van der Waals surface area contributed by atoms with Crippen LogP contribution in [0.3, 0.4) is 0 Å². The van der Waals surface area contributed by atoms with Crippen LogP contribution in [-0.2, 0) is 21.5 Å². The van der Waals surface area contributed by atoms with Gasteiger partial charge in [-0.25, -0.2) is 4.39 Å². The summed E-state index contributed by atoms with van der Waals surface area (Å²) in [5, 5.41) is 0. The van der Waals surface area contributed by atoms with Crippen LogP contribution in [0.5, 0.6) is 5.75 Å². The van der Waals surface area contributed by atoms with E-state index in [1.54, 1.807) is 24.3 Å². The molecule has 0 radical (unpaired) electrons. The van der Waals surface area contributed by atoms with Gasteiger partial charge in [0.05, 0.1) is 0 Å². The number of amides is 1. The molecule has 0 saturated carbocycles. The van der Waals surface area contributed by atoms with E-state index in [9.17, 15) is 17.6 Å². The number of benzene rings is 2. The van der Waals surface area contributed by atoms with Crippen LogP contribution < -0.4 is 4.18 Å². The summed E-state index contributed by atoms with van der Waals surface area (Å²) in [5.74, 6) is -0.237.